The minimum atomic E-state index is -0.554. The van der Waals surface area contributed by atoms with E-state index in [2.05, 4.69) is 32.6 Å². The quantitative estimate of drug-likeness (QED) is 0.644. The summed E-state index contributed by atoms with van der Waals surface area (Å²) in [5, 5.41) is 5.87. The number of benzene rings is 1. The third kappa shape index (κ3) is 4.35. The van der Waals surface area contributed by atoms with Crippen molar-refractivity contribution in [2.45, 2.75) is 70.0 Å². The van der Waals surface area contributed by atoms with Gasteiger partial charge < -0.3 is 20.0 Å². The van der Waals surface area contributed by atoms with Gasteiger partial charge >= 0.3 is 0 Å². The van der Waals surface area contributed by atoms with Crippen molar-refractivity contribution in [3.63, 3.8) is 0 Å². The van der Waals surface area contributed by atoms with Gasteiger partial charge in [0.05, 0.1) is 0 Å². The van der Waals surface area contributed by atoms with E-state index >= 15 is 0 Å². The maximum atomic E-state index is 13.0. The largest absolute Gasteiger partial charge is 0.371 e. The lowest BCUT2D eigenvalue weighted by Gasteiger charge is -2.49. The van der Waals surface area contributed by atoms with Crippen LogP contribution in [0.2, 0.25) is 0 Å². The fourth-order valence-electron chi connectivity index (χ4n) is 7.03. The molecular formula is C27H37N5O3. The third-order valence-corrected chi connectivity index (χ3v) is 9.38. The van der Waals surface area contributed by atoms with Gasteiger partial charge in [-0.15, -0.1) is 0 Å². The molecule has 1 spiro atoms. The Bertz CT molecular complexity index is 1000. The number of rotatable bonds is 3. The van der Waals surface area contributed by atoms with Gasteiger partial charge in [0.15, 0.2) is 0 Å². The zero-order valence-electron chi connectivity index (χ0n) is 20.6. The number of hydrogen-bond acceptors (Lipinski definition) is 6. The van der Waals surface area contributed by atoms with Crippen molar-refractivity contribution in [2.75, 3.05) is 44.2 Å². The van der Waals surface area contributed by atoms with Gasteiger partial charge in [0, 0.05) is 43.3 Å². The number of piperidine rings is 4. The highest BCUT2D eigenvalue weighted by atomic mass is 16.2. The molecule has 0 aromatic heterocycles. The van der Waals surface area contributed by atoms with Crippen molar-refractivity contribution in [1.82, 2.24) is 20.4 Å². The van der Waals surface area contributed by atoms with Crippen molar-refractivity contribution in [1.29, 1.82) is 0 Å². The van der Waals surface area contributed by atoms with Crippen molar-refractivity contribution in [3.05, 3.63) is 29.3 Å². The monoisotopic (exact) mass is 479 g/mol. The molecule has 0 aliphatic carbocycles. The first-order chi connectivity index (χ1) is 17.0. The molecule has 1 atom stereocenters. The Morgan fingerprint density at radius 2 is 1.60 bits per heavy atom. The van der Waals surface area contributed by atoms with E-state index < -0.39 is 6.04 Å². The van der Waals surface area contributed by atoms with Crippen LogP contribution in [-0.4, -0.2) is 78.9 Å². The molecule has 188 valence electrons. The second-order valence-corrected chi connectivity index (χ2v) is 11.2. The molecule has 6 rings (SSSR count). The lowest BCUT2D eigenvalue weighted by molar-refractivity contribution is -0.136. The second-order valence-electron chi connectivity index (χ2n) is 11.2. The highest BCUT2D eigenvalue weighted by Crippen LogP contribution is 2.43. The van der Waals surface area contributed by atoms with Gasteiger partial charge in [-0.05, 0) is 100 Å². The molecule has 4 fully saturated rings. The summed E-state index contributed by atoms with van der Waals surface area (Å²) in [6.07, 6.45) is 8.41. The first kappa shape index (κ1) is 23.0. The van der Waals surface area contributed by atoms with Crippen LogP contribution in [-0.2, 0) is 16.1 Å². The van der Waals surface area contributed by atoms with Crippen molar-refractivity contribution >= 4 is 23.4 Å². The lowest BCUT2D eigenvalue weighted by Crippen LogP contribution is -2.52. The van der Waals surface area contributed by atoms with Crippen LogP contribution in [0, 0.1) is 5.41 Å². The van der Waals surface area contributed by atoms with E-state index in [-0.39, 0.29) is 24.1 Å². The van der Waals surface area contributed by atoms with Crippen LogP contribution in [0.25, 0.3) is 0 Å². The fourth-order valence-corrected chi connectivity index (χ4v) is 7.03. The van der Waals surface area contributed by atoms with Gasteiger partial charge in [0.1, 0.15) is 6.04 Å². The van der Waals surface area contributed by atoms with Crippen molar-refractivity contribution in [3.8, 4) is 0 Å². The molecule has 1 aromatic carbocycles. The Labute approximate surface area is 207 Å². The summed E-state index contributed by atoms with van der Waals surface area (Å²) in [7, 11) is 0. The standard InChI is InChI=1S/C27H37N5O3/c33-24-4-3-23(25(34)29-24)32-18-19-17-21(1-2-22(19)26(32)35)31-15-9-27(10-16-31)7-13-30(14-8-27)20-5-11-28-12-6-20/h1-2,17,20,23,28H,3-16,18H2,(H,29,33,34). The lowest BCUT2D eigenvalue weighted by atomic mass is 9.71. The Hall–Kier alpha value is -2.45. The number of likely N-dealkylation sites (tertiary alicyclic amines) is 1. The Kier molecular flexibility index (Phi) is 6.05. The van der Waals surface area contributed by atoms with E-state index in [9.17, 15) is 14.4 Å². The second kappa shape index (κ2) is 9.21. The smallest absolute Gasteiger partial charge is 0.255 e. The molecule has 3 amide bonds. The minimum absolute atomic E-state index is 0.0980. The molecule has 0 radical (unpaired) electrons. The molecule has 8 nitrogen and oxygen atoms in total. The van der Waals surface area contributed by atoms with E-state index in [1.54, 1.807) is 4.90 Å². The van der Waals surface area contributed by atoms with Crippen LogP contribution in [0.4, 0.5) is 5.69 Å². The normalized spacial score (nSPS) is 27.9. The van der Waals surface area contributed by atoms with Crippen LogP contribution in [0.5, 0.6) is 0 Å². The van der Waals surface area contributed by atoms with Crippen LogP contribution in [0.1, 0.15) is 67.3 Å². The summed E-state index contributed by atoms with van der Waals surface area (Å²) in [6, 6.07) is 6.38. The molecule has 1 unspecified atom stereocenters. The topological polar surface area (TPSA) is 85.0 Å². The average Bonchev–Trinajstić information content (AvgIpc) is 3.21. The van der Waals surface area contributed by atoms with Gasteiger partial charge in [0.25, 0.3) is 5.91 Å². The van der Waals surface area contributed by atoms with Crippen molar-refractivity contribution in [2.24, 2.45) is 5.41 Å². The molecule has 5 aliphatic rings. The van der Waals surface area contributed by atoms with E-state index in [1.807, 2.05) is 6.07 Å². The Morgan fingerprint density at radius 1 is 0.886 bits per heavy atom. The predicted octanol–water partition coefficient (Wildman–Crippen LogP) is 1.88. The van der Waals surface area contributed by atoms with Gasteiger partial charge in [0.2, 0.25) is 11.8 Å². The maximum Gasteiger partial charge on any atom is 0.255 e. The SMILES string of the molecule is O=C1CCC(N2Cc3cc(N4CCC5(CC4)CCN(C4CCNCC4)CC5)ccc3C2=O)C(=O)N1. The van der Waals surface area contributed by atoms with Crippen LogP contribution in [0.3, 0.4) is 0 Å². The summed E-state index contributed by atoms with van der Waals surface area (Å²) in [4.78, 5) is 43.7. The van der Waals surface area contributed by atoms with Gasteiger partial charge in [-0.3, -0.25) is 19.7 Å². The maximum absolute atomic E-state index is 13.0. The average molecular weight is 480 g/mol. The third-order valence-electron chi connectivity index (χ3n) is 9.38. The fraction of sp³-hybridized carbons (Fsp3) is 0.667. The first-order valence-electron chi connectivity index (χ1n) is 13.5. The first-order valence-corrected chi connectivity index (χ1v) is 13.5. The van der Waals surface area contributed by atoms with Crippen LogP contribution < -0.4 is 15.5 Å². The summed E-state index contributed by atoms with van der Waals surface area (Å²) in [5.41, 5.74) is 3.36. The predicted molar refractivity (Wildman–Crippen MR) is 133 cm³/mol. The number of fused-ring (bicyclic) bond motifs is 1. The molecular weight excluding hydrogens is 442 g/mol. The molecule has 5 aliphatic heterocycles. The molecule has 1 aromatic rings. The Morgan fingerprint density at radius 3 is 2.31 bits per heavy atom. The highest BCUT2D eigenvalue weighted by molar-refractivity contribution is 6.05. The number of amides is 3. The summed E-state index contributed by atoms with van der Waals surface area (Å²) in [5.74, 6) is -0.702. The number of hydrogen-bond donors (Lipinski definition) is 2. The Balaban J connectivity index is 1.07. The molecule has 4 saturated heterocycles. The number of carbonyl (C=O) groups is 3. The summed E-state index contributed by atoms with van der Waals surface area (Å²) >= 11 is 0. The van der Waals surface area contributed by atoms with Crippen LogP contribution in [0.15, 0.2) is 18.2 Å². The molecule has 0 bridgehead atoms. The minimum Gasteiger partial charge on any atom is -0.371 e. The van der Waals surface area contributed by atoms with Gasteiger partial charge in [-0.2, -0.15) is 0 Å². The number of carbonyl (C=O) groups excluding carboxylic acids is 3. The van der Waals surface area contributed by atoms with Gasteiger partial charge in [-0.25, -0.2) is 0 Å². The number of nitrogens with zero attached hydrogens (tertiary/aromatic N) is 3. The highest BCUT2D eigenvalue weighted by Gasteiger charge is 2.41. The molecule has 8 heteroatoms. The zero-order chi connectivity index (χ0) is 24.0. The van der Waals surface area contributed by atoms with Crippen molar-refractivity contribution < 1.29 is 14.4 Å². The molecule has 2 N–H and O–H groups in total. The molecule has 5 heterocycles. The number of nitrogens with one attached hydrogen (secondary N) is 2. The van der Waals surface area contributed by atoms with Gasteiger partial charge in [-0.1, -0.05) is 0 Å². The van der Waals surface area contributed by atoms with E-state index in [0.29, 0.717) is 23.9 Å². The summed E-state index contributed by atoms with van der Waals surface area (Å²) < 4.78 is 0. The van der Waals surface area contributed by atoms with Crippen LogP contribution >= 0.6 is 0 Å². The van der Waals surface area contributed by atoms with E-state index in [1.165, 1.54) is 70.4 Å². The number of anilines is 1. The molecule has 0 saturated carbocycles. The number of imide groups is 1. The van der Waals surface area contributed by atoms with E-state index in [4.69, 9.17) is 0 Å². The van der Waals surface area contributed by atoms with E-state index in [0.717, 1.165) is 24.7 Å². The molecule has 35 heavy (non-hydrogen) atoms. The summed E-state index contributed by atoms with van der Waals surface area (Å²) in [6.45, 7) is 7.41. The zero-order valence-corrected chi connectivity index (χ0v) is 20.6.